The van der Waals surface area contributed by atoms with E-state index >= 15 is 0 Å². The van der Waals surface area contributed by atoms with E-state index in [1.54, 1.807) is 0 Å². The number of amidine groups is 1. The summed E-state index contributed by atoms with van der Waals surface area (Å²) >= 11 is 5.36. The largest absolute Gasteiger partial charge is 0.335 e. The zero-order chi connectivity index (χ0) is 12.3. The lowest BCUT2D eigenvalue weighted by Gasteiger charge is -2.11. The number of nitrogens with one attached hydrogen (secondary N) is 1. The topological polar surface area (TPSA) is 24.4 Å². The lowest BCUT2D eigenvalue weighted by Crippen LogP contribution is -2.08. The van der Waals surface area contributed by atoms with Gasteiger partial charge in [0.1, 0.15) is 0 Å². The van der Waals surface area contributed by atoms with Gasteiger partial charge in [-0.25, -0.2) is 0 Å². The molecule has 0 amide bonds. The van der Waals surface area contributed by atoms with Crippen LogP contribution in [0.4, 0.5) is 5.69 Å². The van der Waals surface area contributed by atoms with E-state index in [-0.39, 0.29) is 0 Å². The maximum absolute atomic E-state index is 4.54. The van der Waals surface area contributed by atoms with Gasteiger partial charge in [-0.2, -0.15) is 0 Å². The molecule has 1 aromatic rings. The SMILES string of the molecule is CCc1cc(Br)ccc1NC1=NCC(CC)S1. The van der Waals surface area contributed by atoms with Crippen LogP contribution in [0, 0.1) is 0 Å². The summed E-state index contributed by atoms with van der Waals surface area (Å²) in [4.78, 5) is 4.54. The quantitative estimate of drug-likeness (QED) is 0.899. The molecular formula is C13H17BrN2S. The number of hydrogen-bond donors (Lipinski definition) is 1. The molecule has 1 N–H and O–H groups in total. The van der Waals surface area contributed by atoms with Crippen molar-refractivity contribution in [2.75, 3.05) is 11.9 Å². The van der Waals surface area contributed by atoms with E-state index in [1.807, 2.05) is 11.8 Å². The molecule has 1 unspecified atom stereocenters. The fraction of sp³-hybridized carbons (Fsp3) is 0.462. The summed E-state index contributed by atoms with van der Waals surface area (Å²) in [7, 11) is 0. The van der Waals surface area contributed by atoms with Gasteiger partial charge in [-0.3, -0.25) is 4.99 Å². The first-order valence-corrected chi connectivity index (χ1v) is 7.66. The van der Waals surface area contributed by atoms with Crippen molar-refractivity contribution < 1.29 is 0 Å². The van der Waals surface area contributed by atoms with Gasteiger partial charge >= 0.3 is 0 Å². The Kier molecular flexibility index (Phi) is 4.51. The first-order valence-electron chi connectivity index (χ1n) is 5.99. The maximum atomic E-state index is 4.54. The molecule has 0 fully saturated rings. The number of benzene rings is 1. The number of nitrogens with zero attached hydrogens (tertiary/aromatic N) is 1. The van der Waals surface area contributed by atoms with Crippen LogP contribution in [0.25, 0.3) is 0 Å². The Morgan fingerprint density at radius 2 is 2.29 bits per heavy atom. The van der Waals surface area contributed by atoms with Crippen LogP contribution < -0.4 is 5.32 Å². The second-order valence-electron chi connectivity index (χ2n) is 4.07. The van der Waals surface area contributed by atoms with Crippen molar-refractivity contribution in [3.63, 3.8) is 0 Å². The lowest BCUT2D eigenvalue weighted by molar-refractivity contribution is 0.843. The Morgan fingerprint density at radius 1 is 1.47 bits per heavy atom. The molecule has 0 radical (unpaired) electrons. The number of rotatable bonds is 3. The van der Waals surface area contributed by atoms with E-state index in [2.05, 4.69) is 58.3 Å². The molecule has 1 aromatic carbocycles. The lowest BCUT2D eigenvalue weighted by atomic mass is 10.1. The van der Waals surface area contributed by atoms with Gasteiger partial charge in [0.15, 0.2) is 5.17 Å². The van der Waals surface area contributed by atoms with E-state index in [0.29, 0.717) is 5.25 Å². The van der Waals surface area contributed by atoms with E-state index in [1.165, 1.54) is 17.7 Å². The third-order valence-electron chi connectivity index (χ3n) is 2.86. The molecule has 2 nitrogen and oxygen atoms in total. The van der Waals surface area contributed by atoms with Crippen LogP contribution in [0.1, 0.15) is 25.8 Å². The molecule has 92 valence electrons. The van der Waals surface area contributed by atoms with E-state index in [4.69, 9.17) is 0 Å². The van der Waals surface area contributed by atoms with Crippen molar-refractivity contribution in [2.24, 2.45) is 4.99 Å². The standard InChI is InChI=1S/C13H17BrN2S/c1-3-9-7-10(14)5-6-12(9)16-13-15-8-11(4-2)17-13/h5-7,11H,3-4,8H2,1-2H3,(H,15,16). The number of hydrogen-bond acceptors (Lipinski definition) is 3. The highest BCUT2D eigenvalue weighted by molar-refractivity contribution is 9.10. The molecule has 4 heteroatoms. The summed E-state index contributed by atoms with van der Waals surface area (Å²) in [6, 6.07) is 6.35. The average molecular weight is 313 g/mol. The number of anilines is 1. The number of thioether (sulfide) groups is 1. The van der Waals surface area contributed by atoms with Crippen LogP contribution in [0.3, 0.4) is 0 Å². The first kappa shape index (κ1) is 13.0. The maximum Gasteiger partial charge on any atom is 0.161 e. The van der Waals surface area contributed by atoms with Crippen LogP contribution in [-0.2, 0) is 6.42 Å². The summed E-state index contributed by atoms with van der Waals surface area (Å²) in [6.45, 7) is 5.33. The Bertz CT molecular complexity index is 431. The fourth-order valence-corrected chi connectivity index (χ4v) is 3.15. The van der Waals surface area contributed by atoms with Gasteiger partial charge in [0.05, 0.1) is 6.54 Å². The molecule has 0 aliphatic carbocycles. The second kappa shape index (κ2) is 5.91. The predicted molar refractivity (Wildman–Crippen MR) is 81.1 cm³/mol. The predicted octanol–water partition coefficient (Wildman–Crippen LogP) is 4.30. The van der Waals surface area contributed by atoms with Crippen LogP contribution in [0.15, 0.2) is 27.7 Å². The van der Waals surface area contributed by atoms with E-state index in [0.717, 1.165) is 22.6 Å². The molecule has 1 atom stereocenters. The van der Waals surface area contributed by atoms with Crippen LogP contribution in [-0.4, -0.2) is 17.0 Å². The third kappa shape index (κ3) is 3.26. The van der Waals surface area contributed by atoms with Crippen LogP contribution >= 0.6 is 27.7 Å². The van der Waals surface area contributed by atoms with Gasteiger partial charge in [0.2, 0.25) is 0 Å². The Hall–Kier alpha value is -0.480. The zero-order valence-electron chi connectivity index (χ0n) is 10.2. The zero-order valence-corrected chi connectivity index (χ0v) is 12.6. The van der Waals surface area contributed by atoms with Gasteiger partial charge in [-0.15, -0.1) is 0 Å². The van der Waals surface area contributed by atoms with Crippen molar-refractivity contribution in [1.82, 2.24) is 0 Å². The molecule has 0 bridgehead atoms. The molecule has 17 heavy (non-hydrogen) atoms. The summed E-state index contributed by atoms with van der Waals surface area (Å²) in [5.41, 5.74) is 2.50. The number of halogens is 1. The normalized spacial score (nSPS) is 19.2. The minimum atomic E-state index is 0.651. The van der Waals surface area contributed by atoms with Gasteiger partial charge in [-0.05, 0) is 36.6 Å². The number of aliphatic imine (C=N–C) groups is 1. The molecule has 2 rings (SSSR count). The molecule has 1 aliphatic rings. The average Bonchev–Trinajstić information content (AvgIpc) is 2.79. The highest BCUT2D eigenvalue weighted by Gasteiger charge is 2.18. The van der Waals surface area contributed by atoms with Gasteiger partial charge in [-0.1, -0.05) is 41.5 Å². The Morgan fingerprint density at radius 3 is 2.94 bits per heavy atom. The minimum Gasteiger partial charge on any atom is -0.335 e. The second-order valence-corrected chi connectivity index (χ2v) is 6.28. The molecular weight excluding hydrogens is 296 g/mol. The van der Waals surface area contributed by atoms with E-state index in [9.17, 15) is 0 Å². The smallest absolute Gasteiger partial charge is 0.161 e. The highest BCUT2D eigenvalue weighted by Crippen LogP contribution is 2.27. The summed E-state index contributed by atoms with van der Waals surface area (Å²) in [5.74, 6) is 0. The molecule has 0 saturated heterocycles. The molecule has 1 heterocycles. The Labute approximate surface area is 115 Å². The van der Waals surface area contributed by atoms with Gasteiger partial charge in [0.25, 0.3) is 0 Å². The third-order valence-corrected chi connectivity index (χ3v) is 4.63. The number of aryl methyl sites for hydroxylation is 1. The van der Waals surface area contributed by atoms with Crippen LogP contribution in [0.2, 0.25) is 0 Å². The molecule has 1 aliphatic heterocycles. The van der Waals surface area contributed by atoms with Crippen molar-refractivity contribution in [1.29, 1.82) is 0 Å². The Balaban J connectivity index is 2.09. The molecule has 0 spiro atoms. The van der Waals surface area contributed by atoms with Gasteiger partial charge < -0.3 is 5.32 Å². The fourth-order valence-electron chi connectivity index (χ4n) is 1.79. The summed E-state index contributed by atoms with van der Waals surface area (Å²) in [5, 5.41) is 5.16. The first-order chi connectivity index (χ1) is 8.22. The van der Waals surface area contributed by atoms with Crippen molar-refractivity contribution in [2.45, 2.75) is 31.9 Å². The van der Waals surface area contributed by atoms with E-state index < -0.39 is 0 Å². The van der Waals surface area contributed by atoms with Crippen LogP contribution in [0.5, 0.6) is 0 Å². The van der Waals surface area contributed by atoms with Crippen molar-refractivity contribution in [3.05, 3.63) is 28.2 Å². The van der Waals surface area contributed by atoms with Gasteiger partial charge in [0, 0.05) is 15.4 Å². The van der Waals surface area contributed by atoms with Crippen molar-refractivity contribution in [3.8, 4) is 0 Å². The summed E-state index contributed by atoms with van der Waals surface area (Å²) in [6.07, 6.45) is 2.21. The molecule has 0 aromatic heterocycles. The van der Waals surface area contributed by atoms with Crippen molar-refractivity contribution >= 4 is 38.5 Å². The molecule has 0 saturated carbocycles. The highest BCUT2D eigenvalue weighted by atomic mass is 79.9. The summed E-state index contributed by atoms with van der Waals surface area (Å²) < 4.78 is 1.13. The minimum absolute atomic E-state index is 0.651. The monoisotopic (exact) mass is 312 g/mol.